The van der Waals surface area contributed by atoms with E-state index in [0.717, 1.165) is 60.6 Å². The van der Waals surface area contributed by atoms with Crippen LogP contribution in [0.5, 0.6) is 0 Å². The molecule has 3 aliphatic carbocycles. The number of fused-ring (bicyclic) bond motifs is 5. The van der Waals surface area contributed by atoms with Gasteiger partial charge in [0.25, 0.3) is 0 Å². The second-order valence-electron chi connectivity index (χ2n) is 13.6. The number of carbonyl (C=O) groups is 1. The van der Waals surface area contributed by atoms with Crippen molar-refractivity contribution < 1.29 is 20.1 Å². The van der Waals surface area contributed by atoms with Gasteiger partial charge >= 0.3 is 0 Å². The Morgan fingerprint density at radius 2 is 1.91 bits per heavy atom. The van der Waals surface area contributed by atoms with Crippen LogP contribution in [0.2, 0.25) is 10.0 Å². The van der Waals surface area contributed by atoms with Crippen molar-refractivity contribution in [3.63, 3.8) is 0 Å². The Balaban J connectivity index is 0.00000129. The third kappa shape index (κ3) is 4.95. The highest BCUT2D eigenvalue weighted by atomic mass is 35.5. The summed E-state index contributed by atoms with van der Waals surface area (Å²) in [6.07, 6.45) is 5.83. The summed E-state index contributed by atoms with van der Waals surface area (Å²) in [5, 5.41) is 15.6. The van der Waals surface area contributed by atoms with E-state index >= 15 is 4.39 Å². The van der Waals surface area contributed by atoms with Crippen LogP contribution in [0.25, 0.3) is 32.9 Å². The number of nitrogens with zero attached hydrogens (tertiary/aromatic N) is 4. The number of aryl methyl sites for hydroxylation is 2. The highest BCUT2D eigenvalue weighted by Gasteiger charge is 2.58. The Labute approximate surface area is 288 Å². The predicted molar refractivity (Wildman–Crippen MR) is 184 cm³/mol. The number of carbonyl (C=O) groups excluding carboxylic acids is 1. The number of benzene rings is 2. The lowest BCUT2D eigenvalue weighted by Gasteiger charge is -2.40. The third-order valence-electron chi connectivity index (χ3n) is 11.1. The molecular formula is C35H37Cl3FN5O3. The molecule has 10 rings (SSSR count). The molecule has 6 atom stereocenters. The predicted octanol–water partition coefficient (Wildman–Crippen LogP) is 6.44. The molecular weight excluding hydrogens is 664 g/mol. The summed E-state index contributed by atoms with van der Waals surface area (Å²) in [7, 11) is 0. The topological polar surface area (TPSA) is 137 Å². The number of piperidine rings is 1. The van der Waals surface area contributed by atoms with Crippen molar-refractivity contribution in [2.45, 2.75) is 76.0 Å². The number of nitrogens with one attached hydrogen (secondary N) is 1. The van der Waals surface area contributed by atoms with Gasteiger partial charge in [-0.3, -0.25) is 4.79 Å². The van der Waals surface area contributed by atoms with Gasteiger partial charge in [0.15, 0.2) is 5.82 Å². The molecule has 6 fully saturated rings. The van der Waals surface area contributed by atoms with Gasteiger partial charge in [-0.05, 0) is 81.0 Å². The molecule has 3 saturated heterocycles. The van der Waals surface area contributed by atoms with E-state index in [1.165, 1.54) is 5.69 Å². The maximum atomic E-state index is 17.0. The summed E-state index contributed by atoms with van der Waals surface area (Å²) in [4.78, 5) is 20.8. The SMILES string of the molecule is Cc1nc2c(F)c(-c3cccc(Cl)c3Cl)c(CCC#N)cc2c2c1cc([C@H]1C[C@H]3C[C@H]3N1C(=O)C1CC1)n2[C@H]1[C@H]2CN[C@@H]1C2.Cl.O.O. The monoisotopic (exact) mass is 699 g/mol. The van der Waals surface area contributed by atoms with Crippen LogP contribution in [0.3, 0.4) is 0 Å². The van der Waals surface area contributed by atoms with Crippen LogP contribution in [-0.4, -0.2) is 49.9 Å². The first-order chi connectivity index (χ1) is 21.4. The molecule has 0 spiro atoms. The van der Waals surface area contributed by atoms with Crippen molar-refractivity contribution >= 4 is 63.3 Å². The smallest absolute Gasteiger partial charge is 0.226 e. The molecule has 5 heterocycles. The van der Waals surface area contributed by atoms with Gasteiger partial charge < -0.3 is 25.7 Å². The average Bonchev–Trinajstić information content (AvgIpc) is 3.78. The quantitative estimate of drug-likeness (QED) is 0.247. The van der Waals surface area contributed by atoms with E-state index in [1.54, 1.807) is 18.2 Å². The first-order valence-corrected chi connectivity index (χ1v) is 16.6. The van der Waals surface area contributed by atoms with Crippen molar-refractivity contribution in [2.75, 3.05) is 6.54 Å². The number of amides is 1. The summed E-state index contributed by atoms with van der Waals surface area (Å²) in [5.41, 5.74) is 4.79. The van der Waals surface area contributed by atoms with E-state index < -0.39 is 5.82 Å². The molecule has 2 bridgehead atoms. The number of nitriles is 1. The van der Waals surface area contributed by atoms with E-state index in [-0.39, 0.29) is 52.8 Å². The Kier molecular flexibility index (Phi) is 8.78. The number of pyridine rings is 1. The zero-order chi connectivity index (χ0) is 30.0. The highest BCUT2D eigenvalue weighted by Crippen LogP contribution is 2.57. The molecule has 6 aliphatic rings. The van der Waals surface area contributed by atoms with Crippen molar-refractivity contribution in [1.82, 2.24) is 19.8 Å². The summed E-state index contributed by atoms with van der Waals surface area (Å²) < 4.78 is 19.4. The van der Waals surface area contributed by atoms with Crippen LogP contribution in [-0.2, 0) is 11.2 Å². The fourth-order valence-corrected chi connectivity index (χ4v) is 9.07. The van der Waals surface area contributed by atoms with Crippen LogP contribution in [0.1, 0.15) is 67.6 Å². The van der Waals surface area contributed by atoms with Crippen molar-refractivity contribution in [2.24, 2.45) is 17.8 Å². The molecule has 248 valence electrons. The molecule has 2 aromatic heterocycles. The van der Waals surface area contributed by atoms with Crippen LogP contribution in [0.4, 0.5) is 4.39 Å². The number of rotatable bonds is 6. The molecule has 47 heavy (non-hydrogen) atoms. The van der Waals surface area contributed by atoms with Gasteiger partial charge in [0.2, 0.25) is 5.91 Å². The summed E-state index contributed by atoms with van der Waals surface area (Å²) in [5.74, 6) is 1.12. The number of hydrogen-bond donors (Lipinski definition) is 1. The molecule has 8 nitrogen and oxygen atoms in total. The van der Waals surface area contributed by atoms with E-state index in [2.05, 4.69) is 26.9 Å². The Hall–Kier alpha value is -2.97. The molecule has 3 saturated carbocycles. The maximum Gasteiger partial charge on any atom is 0.226 e. The molecule has 3 aliphatic heterocycles. The molecule has 5 N–H and O–H groups in total. The average molecular weight is 701 g/mol. The van der Waals surface area contributed by atoms with E-state index in [1.807, 2.05) is 13.0 Å². The van der Waals surface area contributed by atoms with Crippen molar-refractivity contribution in [1.29, 1.82) is 5.26 Å². The second kappa shape index (κ2) is 12.2. The normalized spacial score (nSPS) is 26.6. The minimum absolute atomic E-state index is 0. The lowest BCUT2D eigenvalue weighted by atomic mass is 9.79. The van der Waals surface area contributed by atoms with Crippen molar-refractivity contribution in [3.8, 4) is 17.2 Å². The standard InChI is InChI=1S/C35H32Cl2FN5O.ClH.2H2O/c1-16-22-14-28(27-13-19-12-26(19)42(27)35(44)17-7-8-17)43(33-20-11-25(33)40-15-20)34(22)23-10-18(4-3-9-39)29(31(38)32(23)41-16)21-5-2-6-24(36)30(21)37;;;/h2,5-6,10,14,17,19-20,25-27,33,40H,3-4,7-8,11-13,15H2,1H3;1H;2*1H2/t19-,20-,25-,26-,27-,33+;;;/m1.../s1. The van der Waals surface area contributed by atoms with Gasteiger partial charge in [-0.2, -0.15) is 5.26 Å². The fraction of sp³-hybridized carbons (Fsp3) is 0.457. The zero-order valence-corrected chi connectivity index (χ0v) is 28.2. The van der Waals surface area contributed by atoms with Crippen LogP contribution >= 0.6 is 35.6 Å². The number of hydrogen-bond acceptors (Lipinski definition) is 4. The lowest BCUT2D eigenvalue weighted by molar-refractivity contribution is -0.134. The molecule has 1 amide bonds. The summed E-state index contributed by atoms with van der Waals surface area (Å²) in [6, 6.07) is 12.7. The minimum Gasteiger partial charge on any atom is -0.412 e. The van der Waals surface area contributed by atoms with Gasteiger partial charge in [-0.1, -0.05) is 35.3 Å². The number of halogens is 4. The Morgan fingerprint density at radius 1 is 1.13 bits per heavy atom. The Morgan fingerprint density at radius 3 is 2.60 bits per heavy atom. The van der Waals surface area contributed by atoms with E-state index in [0.29, 0.717) is 63.5 Å². The summed E-state index contributed by atoms with van der Waals surface area (Å²) in [6.45, 7) is 2.92. The lowest BCUT2D eigenvalue weighted by Crippen LogP contribution is -2.41. The molecule has 12 heteroatoms. The van der Waals surface area contributed by atoms with E-state index in [9.17, 15) is 10.1 Å². The fourth-order valence-electron chi connectivity index (χ4n) is 8.68. The van der Waals surface area contributed by atoms with Gasteiger partial charge in [-0.15, -0.1) is 12.4 Å². The minimum atomic E-state index is -0.443. The van der Waals surface area contributed by atoms with Crippen LogP contribution in [0, 0.1) is 41.8 Å². The van der Waals surface area contributed by atoms with Crippen LogP contribution < -0.4 is 5.32 Å². The van der Waals surface area contributed by atoms with Crippen molar-refractivity contribution in [3.05, 3.63) is 63.1 Å². The first kappa shape index (κ1) is 33.9. The van der Waals surface area contributed by atoms with Gasteiger partial charge in [0.05, 0.1) is 33.7 Å². The van der Waals surface area contributed by atoms with Gasteiger partial charge in [0, 0.05) is 64.3 Å². The number of aromatic nitrogens is 2. The molecule has 0 unspecified atom stereocenters. The van der Waals surface area contributed by atoms with Gasteiger partial charge in [-0.25, -0.2) is 9.37 Å². The molecule has 2 aromatic carbocycles. The van der Waals surface area contributed by atoms with E-state index in [4.69, 9.17) is 28.2 Å². The highest BCUT2D eigenvalue weighted by molar-refractivity contribution is 6.43. The summed E-state index contributed by atoms with van der Waals surface area (Å²) >= 11 is 13.0. The third-order valence-corrected chi connectivity index (χ3v) is 11.9. The first-order valence-electron chi connectivity index (χ1n) is 15.9. The molecule has 4 aromatic rings. The zero-order valence-electron chi connectivity index (χ0n) is 25.8. The maximum absolute atomic E-state index is 17.0. The van der Waals surface area contributed by atoms with Gasteiger partial charge in [0.1, 0.15) is 5.52 Å². The Bertz CT molecular complexity index is 1960. The molecule has 0 radical (unpaired) electrons. The van der Waals surface area contributed by atoms with Crippen LogP contribution in [0.15, 0.2) is 30.3 Å². The largest absolute Gasteiger partial charge is 0.412 e. The number of likely N-dealkylation sites (tertiary alicyclic amines) is 1. The second-order valence-corrected chi connectivity index (χ2v) is 14.4.